The number of hydrogen-bond donors (Lipinski definition) is 2. The molecule has 0 atom stereocenters. The van der Waals surface area contributed by atoms with Crippen molar-refractivity contribution < 1.29 is 0 Å². The van der Waals surface area contributed by atoms with E-state index >= 15 is 0 Å². The lowest BCUT2D eigenvalue weighted by Gasteiger charge is -2.13. The molecule has 2 aromatic heterocycles. The number of H-pyrrole nitrogens is 1. The fraction of sp³-hybridized carbons (Fsp3) is 0.120. The Balaban J connectivity index is 1.82. The average Bonchev–Trinajstić information content (AvgIpc) is 3.19. The lowest BCUT2D eigenvalue weighted by atomic mass is 9.94. The van der Waals surface area contributed by atoms with Crippen molar-refractivity contribution in [3.63, 3.8) is 0 Å². The third-order valence-electron chi connectivity index (χ3n) is 5.88. The molecule has 0 aliphatic carbocycles. The summed E-state index contributed by atoms with van der Waals surface area (Å²) in [5.41, 5.74) is 11.1. The van der Waals surface area contributed by atoms with Crippen LogP contribution in [0.25, 0.3) is 48.8 Å². The number of hydrogen-bond acceptors (Lipinski definition) is 4. The molecule has 0 radical (unpaired) electrons. The van der Waals surface area contributed by atoms with Gasteiger partial charge in [-0.25, -0.2) is 9.94 Å². The molecule has 0 spiro atoms. The molecule has 3 N–H and O–H groups in total. The van der Waals surface area contributed by atoms with Crippen LogP contribution in [0.1, 0.15) is 11.3 Å². The number of nitrogens with zero attached hydrogens (tertiary/aromatic N) is 4. The molecule has 7 nitrogen and oxygen atoms in total. The van der Waals surface area contributed by atoms with Gasteiger partial charge in [0.2, 0.25) is 5.69 Å². The summed E-state index contributed by atoms with van der Waals surface area (Å²) < 4.78 is 1.79. The van der Waals surface area contributed by atoms with Crippen molar-refractivity contribution >= 4 is 27.2 Å². The number of aryl methyl sites for hydroxylation is 2. The summed E-state index contributed by atoms with van der Waals surface area (Å²) in [6, 6.07) is 15.8. The molecule has 0 unspecified atom stereocenters. The molecule has 32 heavy (non-hydrogen) atoms. The highest BCUT2D eigenvalue weighted by molar-refractivity contribution is 6.04. The van der Waals surface area contributed by atoms with Crippen molar-refractivity contribution in [2.75, 3.05) is 0 Å². The Morgan fingerprint density at radius 3 is 2.72 bits per heavy atom. The Kier molecular flexibility index (Phi) is 4.58. The van der Waals surface area contributed by atoms with Crippen LogP contribution < -0.4 is 11.3 Å². The summed E-state index contributed by atoms with van der Waals surface area (Å²) in [5, 5.41) is 14.4. The van der Waals surface area contributed by atoms with E-state index in [-0.39, 0.29) is 12.1 Å². The number of benzene rings is 3. The Morgan fingerprint density at radius 2 is 1.94 bits per heavy atom. The maximum Gasteiger partial charge on any atom is 0.272 e. The van der Waals surface area contributed by atoms with E-state index in [9.17, 15) is 4.79 Å². The van der Waals surface area contributed by atoms with Gasteiger partial charge in [0.15, 0.2) is 0 Å². The molecule has 0 aliphatic heterocycles. The first-order valence-corrected chi connectivity index (χ1v) is 10.2. The minimum atomic E-state index is -0.238. The lowest BCUT2D eigenvalue weighted by Crippen LogP contribution is -2.14. The fourth-order valence-electron chi connectivity index (χ4n) is 4.40. The molecule has 156 valence electrons. The summed E-state index contributed by atoms with van der Waals surface area (Å²) in [6.07, 6.45) is 1.79. The molecular weight excluding hydrogens is 400 g/mol. The number of fused-ring (bicyclic) bond motifs is 2. The summed E-state index contributed by atoms with van der Waals surface area (Å²) >= 11 is 0. The zero-order valence-corrected chi connectivity index (χ0v) is 17.7. The van der Waals surface area contributed by atoms with Crippen LogP contribution >= 0.6 is 0 Å². The molecular formula is C25H20N6O. The SMILES string of the molecule is [C-]#[N+]c1c(-c2c(-c3cc(C)c4c(=O)[nH]nc(CN)c4c3)cnn2C)ccc2ccccc12. The Hall–Kier alpha value is -4.28. The maximum absolute atomic E-state index is 12.4. The van der Waals surface area contributed by atoms with Crippen LogP contribution in [0.15, 0.2) is 59.5 Å². The number of aromatic amines is 1. The molecule has 7 heteroatoms. The van der Waals surface area contributed by atoms with Crippen LogP contribution in [0, 0.1) is 13.5 Å². The predicted octanol–water partition coefficient (Wildman–Crippen LogP) is 4.46. The van der Waals surface area contributed by atoms with E-state index in [2.05, 4.69) is 20.1 Å². The van der Waals surface area contributed by atoms with E-state index in [4.69, 9.17) is 12.3 Å². The van der Waals surface area contributed by atoms with Crippen LogP contribution in [0.5, 0.6) is 0 Å². The van der Waals surface area contributed by atoms with Crippen LogP contribution in [-0.2, 0) is 13.6 Å². The molecule has 0 bridgehead atoms. The van der Waals surface area contributed by atoms with Gasteiger partial charge in [-0.15, -0.1) is 0 Å². The molecule has 3 aromatic carbocycles. The largest absolute Gasteiger partial charge is 0.325 e. The zero-order valence-electron chi connectivity index (χ0n) is 17.7. The smallest absolute Gasteiger partial charge is 0.272 e. The topological polar surface area (TPSA) is 93.9 Å². The van der Waals surface area contributed by atoms with E-state index < -0.39 is 0 Å². The summed E-state index contributed by atoms with van der Waals surface area (Å²) in [7, 11) is 1.87. The zero-order chi connectivity index (χ0) is 22.4. The number of aromatic nitrogens is 4. The summed E-state index contributed by atoms with van der Waals surface area (Å²) in [4.78, 5) is 16.3. The Labute approximate surface area is 183 Å². The third kappa shape index (κ3) is 2.89. The first kappa shape index (κ1) is 19.7. The van der Waals surface area contributed by atoms with E-state index in [0.29, 0.717) is 16.8 Å². The average molecular weight is 420 g/mol. The van der Waals surface area contributed by atoms with Crippen LogP contribution in [-0.4, -0.2) is 20.0 Å². The van der Waals surface area contributed by atoms with Crippen molar-refractivity contribution in [2.24, 2.45) is 12.8 Å². The van der Waals surface area contributed by atoms with E-state index in [1.807, 2.05) is 62.5 Å². The van der Waals surface area contributed by atoms with Crippen molar-refractivity contribution in [1.29, 1.82) is 0 Å². The van der Waals surface area contributed by atoms with Gasteiger partial charge in [0.25, 0.3) is 5.56 Å². The minimum Gasteiger partial charge on any atom is -0.325 e. The van der Waals surface area contributed by atoms with Gasteiger partial charge in [0, 0.05) is 30.1 Å². The van der Waals surface area contributed by atoms with Crippen LogP contribution in [0.4, 0.5) is 5.69 Å². The van der Waals surface area contributed by atoms with Gasteiger partial charge >= 0.3 is 0 Å². The van der Waals surface area contributed by atoms with Crippen molar-refractivity contribution in [2.45, 2.75) is 13.5 Å². The van der Waals surface area contributed by atoms with Crippen LogP contribution in [0.3, 0.4) is 0 Å². The summed E-state index contributed by atoms with van der Waals surface area (Å²) in [5.74, 6) is 0. The number of rotatable bonds is 3. The van der Waals surface area contributed by atoms with Gasteiger partial charge in [-0.2, -0.15) is 10.2 Å². The molecule has 0 saturated heterocycles. The van der Waals surface area contributed by atoms with Gasteiger partial charge in [0.05, 0.1) is 29.5 Å². The fourth-order valence-corrected chi connectivity index (χ4v) is 4.40. The Morgan fingerprint density at radius 1 is 1.12 bits per heavy atom. The van der Waals surface area contributed by atoms with Crippen LogP contribution in [0.2, 0.25) is 0 Å². The molecule has 0 saturated carbocycles. The van der Waals surface area contributed by atoms with Crippen molar-refractivity contribution in [3.05, 3.63) is 87.8 Å². The van der Waals surface area contributed by atoms with E-state index in [1.165, 1.54) is 0 Å². The van der Waals surface area contributed by atoms with Gasteiger partial charge in [-0.05, 0) is 34.9 Å². The number of nitrogens with two attached hydrogens (primary N) is 1. The predicted molar refractivity (Wildman–Crippen MR) is 126 cm³/mol. The third-order valence-corrected chi connectivity index (χ3v) is 5.88. The Bertz CT molecular complexity index is 1620. The highest BCUT2D eigenvalue weighted by atomic mass is 16.1. The molecule has 0 amide bonds. The quantitative estimate of drug-likeness (QED) is 0.421. The van der Waals surface area contributed by atoms with Crippen molar-refractivity contribution in [1.82, 2.24) is 20.0 Å². The monoisotopic (exact) mass is 420 g/mol. The first-order valence-electron chi connectivity index (χ1n) is 10.2. The first-order chi connectivity index (χ1) is 15.5. The van der Waals surface area contributed by atoms with Gasteiger partial charge in [-0.1, -0.05) is 42.5 Å². The van der Waals surface area contributed by atoms with Crippen molar-refractivity contribution in [3.8, 4) is 22.4 Å². The van der Waals surface area contributed by atoms with E-state index in [1.54, 1.807) is 10.9 Å². The normalized spacial score (nSPS) is 11.2. The second-order valence-electron chi connectivity index (χ2n) is 7.74. The van der Waals surface area contributed by atoms with Gasteiger partial charge in [-0.3, -0.25) is 9.48 Å². The molecule has 5 aromatic rings. The molecule has 5 rings (SSSR count). The second-order valence-corrected chi connectivity index (χ2v) is 7.74. The lowest BCUT2D eigenvalue weighted by molar-refractivity contribution is 0.776. The van der Waals surface area contributed by atoms with Gasteiger partial charge < -0.3 is 5.73 Å². The summed E-state index contributed by atoms with van der Waals surface area (Å²) in [6.45, 7) is 9.98. The van der Waals surface area contributed by atoms with E-state index in [0.717, 1.165) is 44.1 Å². The minimum absolute atomic E-state index is 0.211. The maximum atomic E-state index is 12.4. The highest BCUT2D eigenvalue weighted by Gasteiger charge is 2.19. The number of nitrogens with one attached hydrogen (secondary N) is 1. The second kappa shape index (κ2) is 7.45. The molecule has 0 aliphatic rings. The highest BCUT2D eigenvalue weighted by Crippen LogP contribution is 2.41. The molecule has 0 fully saturated rings. The van der Waals surface area contributed by atoms with Gasteiger partial charge in [0.1, 0.15) is 0 Å². The standard InChI is InChI=1S/C25H20N6O/c1-14-10-16(11-19-21(12-26)29-30-25(32)22(14)19)20-13-28-31(3)24(20)18-9-8-15-6-4-5-7-17(15)23(18)27-2/h4-11,13H,12,26H2,1,3H3,(H,30,32). The molecule has 2 heterocycles.